The Labute approximate surface area is 161 Å². The van der Waals surface area contributed by atoms with Gasteiger partial charge in [-0.15, -0.1) is 0 Å². The van der Waals surface area contributed by atoms with Crippen molar-refractivity contribution in [1.29, 1.82) is 0 Å². The van der Waals surface area contributed by atoms with Gasteiger partial charge in [0.2, 0.25) is 11.7 Å². The minimum atomic E-state index is -0.101. The van der Waals surface area contributed by atoms with E-state index in [0.29, 0.717) is 40.3 Å². The lowest BCUT2D eigenvalue weighted by Gasteiger charge is -2.34. The molecule has 1 unspecified atom stereocenters. The highest BCUT2D eigenvalue weighted by Gasteiger charge is 2.30. The molecule has 0 bridgehead atoms. The molecule has 0 aliphatic carbocycles. The molecule has 4 rings (SSSR count). The second kappa shape index (κ2) is 7.04. The van der Waals surface area contributed by atoms with E-state index < -0.39 is 0 Å². The molecular formula is C20H18ClN3O3. The number of hydrogen-bond acceptors (Lipinski definition) is 5. The van der Waals surface area contributed by atoms with Gasteiger partial charge in [-0.25, -0.2) is 0 Å². The summed E-state index contributed by atoms with van der Waals surface area (Å²) < 4.78 is 11.0. The number of carbonyl (C=O) groups excluding carboxylic acids is 1. The Morgan fingerprint density at radius 1 is 1.26 bits per heavy atom. The van der Waals surface area contributed by atoms with Crippen molar-refractivity contribution in [1.82, 2.24) is 10.1 Å². The number of aromatic nitrogens is 2. The number of amides is 1. The van der Waals surface area contributed by atoms with Gasteiger partial charge in [0.1, 0.15) is 11.9 Å². The van der Waals surface area contributed by atoms with Gasteiger partial charge in [0.15, 0.2) is 0 Å². The Kier molecular flexibility index (Phi) is 4.58. The van der Waals surface area contributed by atoms with Crippen molar-refractivity contribution < 1.29 is 14.1 Å². The number of anilines is 1. The Morgan fingerprint density at radius 2 is 2.04 bits per heavy atom. The minimum Gasteiger partial charge on any atom is -0.486 e. The molecule has 0 N–H and O–H groups in total. The highest BCUT2D eigenvalue weighted by atomic mass is 35.5. The third-order valence-electron chi connectivity index (χ3n) is 4.51. The van der Waals surface area contributed by atoms with Gasteiger partial charge in [-0.05, 0) is 36.8 Å². The Bertz CT molecular complexity index is 984. The van der Waals surface area contributed by atoms with Crippen molar-refractivity contribution in [3.05, 3.63) is 58.9 Å². The molecule has 2 aromatic carbocycles. The molecular weight excluding hydrogens is 366 g/mol. The topological polar surface area (TPSA) is 68.5 Å². The smallest absolute Gasteiger partial charge is 0.258 e. The largest absolute Gasteiger partial charge is 0.486 e. The first-order chi connectivity index (χ1) is 13.0. The van der Waals surface area contributed by atoms with Crippen LogP contribution < -0.4 is 9.64 Å². The van der Waals surface area contributed by atoms with E-state index >= 15 is 0 Å². The molecule has 0 saturated heterocycles. The third kappa shape index (κ3) is 3.40. The van der Waals surface area contributed by atoms with Gasteiger partial charge in [0.05, 0.1) is 12.2 Å². The predicted octanol–water partition coefficient (Wildman–Crippen LogP) is 4.52. The van der Waals surface area contributed by atoms with Gasteiger partial charge < -0.3 is 14.2 Å². The number of halogens is 1. The normalized spacial score (nSPS) is 16.0. The van der Waals surface area contributed by atoms with Crippen molar-refractivity contribution in [2.24, 2.45) is 0 Å². The van der Waals surface area contributed by atoms with E-state index in [1.165, 1.54) is 0 Å². The zero-order chi connectivity index (χ0) is 19.0. The molecule has 3 aromatic rings. The molecule has 0 spiro atoms. The summed E-state index contributed by atoms with van der Waals surface area (Å²) in [6, 6.07) is 12.5. The summed E-state index contributed by atoms with van der Waals surface area (Å²) >= 11 is 6.14. The fourth-order valence-electron chi connectivity index (χ4n) is 3.06. The molecule has 138 valence electrons. The summed E-state index contributed by atoms with van der Waals surface area (Å²) in [6.07, 6.45) is 0.756. The van der Waals surface area contributed by atoms with Crippen LogP contribution in [0.5, 0.6) is 5.75 Å². The van der Waals surface area contributed by atoms with Crippen LogP contribution in [-0.4, -0.2) is 28.7 Å². The second-order valence-electron chi connectivity index (χ2n) is 6.39. The number of hydrogen-bond donors (Lipinski definition) is 0. The van der Waals surface area contributed by atoms with Crippen LogP contribution in [0.3, 0.4) is 0 Å². The molecule has 1 aromatic heterocycles. The van der Waals surface area contributed by atoms with E-state index in [-0.39, 0.29) is 12.0 Å². The molecule has 1 aliphatic heterocycles. The number of aryl methyl sites for hydroxylation is 1. The van der Waals surface area contributed by atoms with Crippen LogP contribution in [0, 0.1) is 6.92 Å². The average molecular weight is 384 g/mol. The molecule has 1 aliphatic rings. The molecule has 6 nitrogen and oxygen atoms in total. The molecule has 0 radical (unpaired) electrons. The maximum absolute atomic E-state index is 13.2. The van der Waals surface area contributed by atoms with Gasteiger partial charge in [-0.2, -0.15) is 4.98 Å². The van der Waals surface area contributed by atoms with Crippen molar-refractivity contribution in [3.8, 4) is 17.1 Å². The summed E-state index contributed by atoms with van der Waals surface area (Å²) in [7, 11) is 0. The monoisotopic (exact) mass is 383 g/mol. The fourth-order valence-corrected chi connectivity index (χ4v) is 3.23. The van der Waals surface area contributed by atoms with Crippen molar-refractivity contribution in [2.75, 3.05) is 11.4 Å². The highest BCUT2D eigenvalue weighted by molar-refractivity contribution is 6.31. The van der Waals surface area contributed by atoms with Crippen molar-refractivity contribution >= 4 is 23.2 Å². The first-order valence-electron chi connectivity index (χ1n) is 8.74. The lowest BCUT2D eigenvalue weighted by molar-refractivity contribution is 0.0954. The van der Waals surface area contributed by atoms with E-state index in [0.717, 1.165) is 12.0 Å². The number of fused-ring (bicyclic) bond motifs is 1. The van der Waals surface area contributed by atoms with Crippen LogP contribution in [0.15, 0.2) is 47.0 Å². The van der Waals surface area contributed by atoms with Crippen LogP contribution in [0.4, 0.5) is 5.69 Å². The molecule has 27 heavy (non-hydrogen) atoms. The van der Waals surface area contributed by atoms with E-state index in [1.807, 2.05) is 19.1 Å². The number of carbonyl (C=O) groups is 1. The van der Waals surface area contributed by atoms with Crippen LogP contribution in [0.25, 0.3) is 11.4 Å². The zero-order valence-corrected chi connectivity index (χ0v) is 15.7. The molecule has 2 heterocycles. The summed E-state index contributed by atoms with van der Waals surface area (Å²) in [5.41, 5.74) is 2.05. The van der Waals surface area contributed by atoms with E-state index in [9.17, 15) is 4.79 Å². The highest BCUT2D eigenvalue weighted by Crippen LogP contribution is 2.37. The SMILES string of the molecule is CCC1CN(C(=O)c2ccc(-c3noc(C)n3)cc2)c2cc(Cl)ccc2O1. The van der Waals surface area contributed by atoms with E-state index in [1.54, 1.807) is 42.2 Å². The van der Waals surface area contributed by atoms with Crippen molar-refractivity contribution in [2.45, 2.75) is 26.4 Å². The Hall–Kier alpha value is -2.86. The summed E-state index contributed by atoms with van der Waals surface area (Å²) in [6.45, 7) is 4.25. The minimum absolute atomic E-state index is 0.0517. The number of benzene rings is 2. The number of rotatable bonds is 3. The first kappa shape index (κ1) is 17.5. The van der Waals surface area contributed by atoms with E-state index in [2.05, 4.69) is 10.1 Å². The van der Waals surface area contributed by atoms with Gasteiger partial charge in [-0.1, -0.05) is 35.8 Å². The molecule has 0 fully saturated rings. The zero-order valence-electron chi connectivity index (χ0n) is 15.0. The lowest BCUT2D eigenvalue weighted by atomic mass is 10.1. The molecule has 1 atom stereocenters. The molecule has 7 heteroatoms. The molecule has 0 saturated carbocycles. The van der Waals surface area contributed by atoms with E-state index in [4.69, 9.17) is 20.9 Å². The van der Waals surface area contributed by atoms with Gasteiger partial charge in [-0.3, -0.25) is 4.79 Å². The second-order valence-corrected chi connectivity index (χ2v) is 6.83. The Balaban J connectivity index is 1.65. The Morgan fingerprint density at radius 3 is 2.70 bits per heavy atom. The van der Waals surface area contributed by atoms with Crippen LogP contribution in [0.1, 0.15) is 29.6 Å². The van der Waals surface area contributed by atoms with Crippen LogP contribution in [0.2, 0.25) is 5.02 Å². The lowest BCUT2D eigenvalue weighted by Crippen LogP contribution is -2.43. The average Bonchev–Trinajstić information content (AvgIpc) is 3.13. The third-order valence-corrected chi connectivity index (χ3v) is 4.74. The number of nitrogens with zero attached hydrogens (tertiary/aromatic N) is 3. The standard InChI is InChI=1S/C20H18ClN3O3/c1-3-16-11-24(17-10-15(21)8-9-18(17)26-16)20(25)14-6-4-13(5-7-14)19-22-12(2)27-23-19/h4-10,16H,3,11H2,1-2H3. The summed E-state index contributed by atoms with van der Waals surface area (Å²) in [4.78, 5) is 19.1. The predicted molar refractivity (Wildman–Crippen MR) is 102 cm³/mol. The van der Waals surface area contributed by atoms with Crippen molar-refractivity contribution in [3.63, 3.8) is 0 Å². The quantitative estimate of drug-likeness (QED) is 0.665. The van der Waals surface area contributed by atoms with Gasteiger partial charge in [0.25, 0.3) is 5.91 Å². The maximum Gasteiger partial charge on any atom is 0.258 e. The first-order valence-corrected chi connectivity index (χ1v) is 9.11. The fraction of sp³-hybridized carbons (Fsp3) is 0.250. The van der Waals surface area contributed by atoms with Gasteiger partial charge >= 0.3 is 0 Å². The van der Waals surface area contributed by atoms with Gasteiger partial charge in [0, 0.05) is 23.1 Å². The summed E-state index contributed by atoms with van der Waals surface area (Å²) in [5, 5.41) is 4.46. The van der Waals surface area contributed by atoms with Crippen LogP contribution in [-0.2, 0) is 0 Å². The van der Waals surface area contributed by atoms with Crippen LogP contribution >= 0.6 is 11.6 Å². The summed E-state index contributed by atoms with van der Waals surface area (Å²) in [5.74, 6) is 1.57. The number of ether oxygens (including phenoxy) is 1. The maximum atomic E-state index is 13.2. The molecule has 1 amide bonds.